The highest BCUT2D eigenvalue weighted by atomic mass is 79.9. The number of allylic oxidation sites excluding steroid dienone is 1. The first-order valence-electron chi connectivity index (χ1n) is 7.89. The summed E-state index contributed by atoms with van der Waals surface area (Å²) >= 11 is 6.09. The summed E-state index contributed by atoms with van der Waals surface area (Å²) in [6, 6.07) is 9.43. The van der Waals surface area contributed by atoms with E-state index < -0.39 is 0 Å². The minimum absolute atomic E-state index is 0.0352. The standard InChI is InChI=1S/C18H15BrFN3O2S2/c1-2-9-23-17(10-25-13-5-3-12(20)4-6-13)21-22-18(23)26-11-14(24)15-7-8-16(19)27-15/h2-8H,1,9-11H2. The molecule has 0 unspecified atom stereocenters. The molecule has 0 spiro atoms. The fraction of sp³-hybridized carbons (Fsp3) is 0.167. The molecule has 9 heteroatoms. The SMILES string of the molecule is C=CCn1c(COc2ccc(F)cc2)nnc1SCC(=O)c1ccc(Br)s1. The summed E-state index contributed by atoms with van der Waals surface area (Å²) in [5.74, 6) is 1.12. The topological polar surface area (TPSA) is 57.0 Å². The molecule has 0 aliphatic rings. The van der Waals surface area contributed by atoms with Crippen molar-refractivity contribution in [2.75, 3.05) is 5.75 Å². The second-order valence-electron chi connectivity index (χ2n) is 5.36. The van der Waals surface area contributed by atoms with Crippen molar-refractivity contribution in [3.05, 3.63) is 69.4 Å². The molecule has 0 N–H and O–H groups in total. The quantitative estimate of drug-likeness (QED) is 0.252. The van der Waals surface area contributed by atoms with E-state index in [9.17, 15) is 9.18 Å². The van der Waals surface area contributed by atoms with Gasteiger partial charge < -0.3 is 4.74 Å². The van der Waals surface area contributed by atoms with Crippen molar-refractivity contribution in [3.63, 3.8) is 0 Å². The molecular formula is C18H15BrFN3O2S2. The number of ketones is 1. The third kappa shape index (κ3) is 5.27. The Balaban J connectivity index is 1.66. The van der Waals surface area contributed by atoms with Crippen LogP contribution in [-0.4, -0.2) is 26.3 Å². The van der Waals surface area contributed by atoms with Crippen LogP contribution in [0.4, 0.5) is 4.39 Å². The molecule has 0 atom stereocenters. The van der Waals surface area contributed by atoms with Gasteiger partial charge in [-0.2, -0.15) is 0 Å². The van der Waals surface area contributed by atoms with Crippen molar-refractivity contribution >= 4 is 44.8 Å². The van der Waals surface area contributed by atoms with E-state index >= 15 is 0 Å². The molecule has 0 bridgehead atoms. The van der Waals surface area contributed by atoms with Gasteiger partial charge in [-0.3, -0.25) is 9.36 Å². The number of carbonyl (C=O) groups is 1. The van der Waals surface area contributed by atoms with Gasteiger partial charge >= 0.3 is 0 Å². The Hall–Kier alpha value is -1.97. The van der Waals surface area contributed by atoms with Gasteiger partial charge in [-0.15, -0.1) is 28.1 Å². The molecule has 2 heterocycles. The highest BCUT2D eigenvalue weighted by molar-refractivity contribution is 9.11. The summed E-state index contributed by atoms with van der Waals surface area (Å²) < 4.78 is 21.4. The Morgan fingerprint density at radius 3 is 2.74 bits per heavy atom. The summed E-state index contributed by atoms with van der Waals surface area (Å²) in [4.78, 5) is 13.0. The predicted octanol–water partition coefficient (Wildman–Crippen LogP) is 4.98. The Labute approximate surface area is 172 Å². The third-order valence-electron chi connectivity index (χ3n) is 3.47. The molecule has 0 amide bonds. The molecule has 0 aliphatic carbocycles. The average Bonchev–Trinajstić information content (AvgIpc) is 3.26. The summed E-state index contributed by atoms with van der Waals surface area (Å²) in [5, 5.41) is 8.94. The second kappa shape index (κ2) is 9.29. The van der Waals surface area contributed by atoms with E-state index in [1.165, 1.54) is 35.2 Å². The van der Waals surface area contributed by atoms with E-state index in [-0.39, 0.29) is 24.0 Å². The maximum Gasteiger partial charge on any atom is 0.192 e. The van der Waals surface area contributed by atoms with Gasteiger partial charge in [0, 0.05) is 6.54 Å². The molecule has 3 rings (SSSR count). The van der Waals surface area contributed by atoms with Gasteiger partial charge in [0.25, 0.3) is 0 Å². The van der Waals surface area contributed by atoms with Gasteiger partial charge in [0.2, 0.25) is 0 Å². The molecule has 0 saturated carbocycles. The number of aromatic nitrogens is 3. The van der Waals surface area contributed by atoms with Crippen LogP contribution in [0.25, 0.3) is 0 Å². The Morgan fingerprint density at radius 1 is 1.30 bits per heavy atom. The fourth-order valence-electron chi connectivity index (χ4n) is 2.19. The van der Waals surface area contributed by atoms with E-state index in [2.05, 4.69) is 32.7 Å². The van der Waals surface area contributed by atoms with E-state index in [4.69, 9.17) is 4.74 Å². The minimum Gasteiger partial charge on any atom is -0.486 e. The molecule has 3 aromatic rings. The maximum atomic E-state index is 13.0. The molecule has 0 saturated heterocycles. The van der Waals surface area contributed by atoms with E-state index in [0.29, 0.717) is 28.2 Å². The van der Waals surface area contributed by atoms with Gasteiger partial charge in [-0.25, -0.2) is 4.39 Å². The molecular weight excluding hydrogens is 453 g/mol. The summed E-state index contributed by atoms with van der Waals surface area (Å²) in [7, 11) is 0. The molecule has 1 aromatic carbocycles. The zero-order valence-corrected chi connectivity index (χ0v) is 17.3. The lowest BCUT2D eigenvalue weighted by Crippen LogP contribution is -2.08. The molecule has 0 aliphatic heterocycles. The van der Waals surface area contributed by atoms with Gasteiger partial charge in [0.1, 0.15) is 18.2 Å². The lowest BCUT2D eigenvalue weighted by atomic mass is 10.3. The number of halogens is 2. The average molecular weight is 468 g/mol. The number of nitrogens with zero attached hydrogens (tertiary/aromatic N) is 3. The van der Waals surface area contributed by atoms with Crippen molar-refractivity contribution in [1.82, 2.24) is 14.8 Å². The van der Waals surface area contributed by atoms with Crippen LogP contribution in [0.15, 0.2) is 58.0 Å². The summed E-state index contributed by atoms with van der Waals surface area (Å²) in [6.45, 7) is 4.43. The zero-order chi connectivity index (χ0) is 19.2. The molecule has 0 fully saturated rings. The lowest BCUT2D eigenvalue weighted by molar-refractivity contribution is 0.102. The van der Waals surface area contributed by atoms with Crippen molar-refractivity contribution in [2.45, 2.75) is 18.3 Å². The minimum atomic E-state index is -0.321. The number of thiophene rings is 1. The van der Waals surface area contributed by atoms with Crippen molar-refractivity contribution < 1.29 is 13.9 Å². The van der Waals surface area contributed by atoms with Crippen LogP contribution in [0.3, 0.4) is 0 Å². The molecule has 140 valence electrons. The highest BCUT2D eigenvalue weighted by Crippen LogP contribution is 2.25. The normalized spacial score (nSPS) is 10.7. The first-order valence-corrected chi connectivity index (χ1v) is 10.5. The molecule has 5 nitrogen and oxygen atoms in total. The monoisotopic (exact) mass is 467 g/mol. The zero-order valence-electron chi connectivity index (χ0n) is 14.1. The smallest absolute Gasteiger partial charge is 0.192 e. The van der Waals surface area contributed by atoms with E-state index in [0.717, 1.165) is 3.79 Å². The van der Waals surface area contributed by atoms with Crippen LogP contribution < -0.4 is 4.74 Å². The second-order valence-corrected chi connectivity index (χ2v) is 8.76. The van der Waals surface area contributed by atoms with E-state index in [1.807, 2.05) is 10.6 Å². The van der Waals surface area contributed by atoms with Crippen LogP contribution in [0.1, 0.15) is 15.5 Å². The van der Waals surface area contributed by atoms with Crippen molar-refractivity contribution in [1.29, 1.82) is 0 Å². The number of benzene rings is 1. The van der Waals surface area contributed by atoms with Crippen LogP contribution in [0, 0.1) is 5.82 Å². The number of Topliss-reactive ketones (excluding diaryl/α,β-unsaturated/α-hetero) is 1. The Kier molecular flexibility index (Phi) is 6.81. The summed E-state index contributed by atoms with van der Waals surface area (Å²) in [6.07, 6.45) is 1.73. The lowest BCUT2D eigenvalue weighted by Gasteiger charge is -2.09. The number of thioether (sulfide) groups is 1. The van der Waals surface area contributed by atoms with Gasteiger partial charge in [0.15, 0.2) is 16.8 Å². The summed E-state index contributed by atoms with van der Waals surface area (Å²) in [5.41, 5.74) is 0. The van der Waals surface area contributed by atoms with Crippen LogP contribution >= 0.6 is 39.0 Å². The maximum absolute atomic E-state index is 13.0. The van der Waals surface area contributed by atoms with Gasteiger partial charge in [-0.05, 0) is 52.3 Å². The van der Waals surface area contributed by atoms with Gasteiger partial charge in [0.05, 0.1) is 14.4 Å². The Morgan fingerprint density at radius 2 is 2.07 bits per heavy atom. The third-order valence-corrected chi connectivity index (χ3v) is 6.10. The van der Waals surface area contributed by atoms with Crippen molar-refractivity contribution in [3.8, 4) is 5.75 Å². The molecule has 0 radical (unpaired) electrons. The molecule has 27 heavy (non-hydrogen) atoms. The number of carbonyl (C=O) groups excluding carboxylic acids is 1. The predicted molar refractivity (Wildman–Crippen MR) is 108 cm³/mol. The van der Waals surface area contributed by atoms with Crippen LogP contribution in [0.5, 0.6) is 5.75 Å². The van der Waals surface area contributed by atoms with E-state index in [1.54, 1.807) is 24.3 Å². The number of hydrogen-bond donors (Lipinski definition) is 0. The van der Waals surface area contributed by atoms with Crippen LogP contribution in [0.2, 0.25) is 0 Å². The fourth-order valence-corrected chi connectivity index (χ4v) is 4.45. The largest absolute Gasteiger partial charge is 0.486 e. The molecule has 2 aromatic heterocycles. The Bertz CT molecular complexity index is 940. The first-order chi connectivity index (χ1) is 13.1. The number of hydrogen-bond acceptors (Lipinski definition) is 6. The van der Waals surface area contributed by atoms with Crippen LogP contribution in [-0.2, 0) is 13.2 Å². The van der Waals surface area contributed by atoms with Gasteiger partial charge in [-0.1, -0.05) is 17.8 Å². The number of ether oxygens (including phenoxy) is 1. The highest BCUT2D eigenvalue weighted by Gasteiger charge is 2.15. The number of rotatable bonds is 9. The first kappa shape index (κ1) is 19.8. The van der Waals surface area contributed by atoms with Crippen molar-refractivity contribution in [2.24, 2.45) is 0 Å².